The van der Waals surface area contributed by atoms with E-state index in [1.807, 2.05) is 55.4 Å². The molecule has 0 bridgehead atoms. The number of hydrogen-bond acceptors (Lipinski definition) is 0. The average molecular weight is 281 g/mol. The van der Waals surface area contributed by atoms with Gasteiger partial charge in [0.25, 0.3) is 0 Å². The molecule has 0 spiro atoms. The Hall–Kier alpha value is -1.04. The average Bonchev–Trinajstić information content (AvgIpc) is 2.52. The molecule has 1 atom stereocenters. The Morgan fingerprint density at radius 3 is 1.75 bits per heavy atom. The van der Waals surface area contributed by atoms with Gasteiger partial charge in [-0.3, -0.25) is 0 Å². The summed E-state index contributed by atoms with van der Waals surface area (Å²) < 4.78 is 0. The Bertz CT molecular complexity index is 251. The van der Waals surface area contributed by atoms with E-state index in [1.54, 1.807) is 0 Å². The van der Waals surface area contributed by atoms with Crippen LogP contribution in [-0.4, -0.2) is 0 Å². The fourth-order valence-electron chi connectivity index (χ4n) is 1.03. The van der Waals surface area contributed by atoms with E-state index >= 15 is 0 Å². The van der Waals surface area contributed by atoms with Crippen molar-refractivity contribution in [3.63, 3.8) is 0 Å². The van der Waals surface area contributed by atoms with Crippen LogP contribution in [0.15, 0.2) is 48.1 Å². The molecular weight excluding hydrogens is 240 g/mol. The van der Waals surface area contributed by atoms with Gasteiger partial charge < -0.3 is 0 Å². The van der Waals surface area contributed by atoms with Gasteiger partial charge in [0, 0.05) is 0 Å². The lowest BCUT2D eigenvalue weighted by atomic mass is 10.1. The van der Waals surface area contributed by atoms with Gasteiger partial charge in [0.15, 0.2) is 0 Å². The van der Waals surface area contributed by atoms with E-state index in [1.165, 1.54) is 12.0 Å². The molecule has 0 rings (SSSR count). The highest BCUT2D eigenvalue weighted by molar-refractivity contribution is 5.37. The fourth-order valence-corrected chi connectivity index (χ4v) is 1.03. The summed E-state index contributed by atoms with van der Waals surface area (Å²) in [5.74, 6) is 0.665. The predicted molar refractivity (Wildman–Crippen MR) is 100 cm³/mol. The molecule has 0 nitrogen and oxygen atoms in total. The van der Waals surface area contributed by atoms with Crippen molar-refractivity contribution in [2.24, 2.45) is 5.92 Å². The van der Waals surface area contributed by atoms with Gasteiger partial charge in [0.2, 0.25) is 0 Å². The van der Waals surface area contributed by atoms with Crippen LogP contribution in [0.3, 0.4) is 0 Å². The molecule has 0 aliphatic heterocycles. The van der Waals surface area contributed by atoms with E-state index in [4.69, 9.17) is 0 Å². The lowest BCUT2D eigenvalue weighted by Gasteiger charge is -1.98. The molecular formula is C20H40. The Balaban J connectivity index is -0.000000187. The van der Waals surface area contributed by atoms with Crippen molar-refractivity contribution in [2.45, 2.75) is 75.7 Å². The van der Waals surface area contributed by atoms with E-state index in [0.717, 1.165) is 5.57 Å². The first-order valence-corrected chi connectivity index (χ1v) is 8.28. The standard InChI is InChI=1S/C14H22.3C2H6/c1-6-13(5)10-8-9-11-14(7-2)12(3)4;3*1-2/h7-11,13H,3,6H2,1-2,4-5H3;3*1-2H3/b10-8+,11-9-,14-7-;;;. The summed E-state index contributed by atoms with van der Waals surface area (Å²) in [6, 6.07) is 0. The summed E-state index contributed by atoms with van der Waals surface area (Å²) in [7, 11) is 0. The minimum absolute atomic E-state index is 0.665. The molecule has 0 aliphatic carbocycles. The molecule has 0 aromatic heterocycles. The maximum absolute atomic E-state index is 3.91. The van der Waals surface area contributed by atoms with Crippen molar-refractivity contribution in [1.82, 2.24) is 0 Å². The van der Waals surface area contributed by atoms with Crippen molar-refractivity contribution >= 4 is 0 Å². The zero-order valence-corrected chi connectivity index (χ0v) is 15.9. The Morgan fingerprint density at radius 2 is 1.45 bits per heavy atom. The Kier molecular flexibility index (Phi) is 36.2. The molecule has 0 heteroatoms. The lowest BCUT2D eigenvalue weighted by Crippen LogP contribution is -1.83. The normalized spacial score (nSPS) is 11.6. The van der Waals surface area contributed by atoms with Crippen molar-refractivity contribution in [3.8, 4) is 0 Å². The molecule has 1 unspecified atom stereocenters. The Morgan fingerprint density at radius 1 is 1.00 bits per heavy atom. The third-order valence-electron chi connectivity index (χ3n) is 2.27. The first kappa shape index (κ1) is 27.3. The molecule has 0 aromatic rings. The molecule has 0 saturated heterocycles. The van der Waals surface area contributed by atoms with Gasteiger partial charge in [0.05, 0.1) is 0 Å². The molecule has 0 N–H and O–H groups in total. The summed E-state index contributed by atoms with van der Waals surface area (Å²) >= 11 is 0. The van der Waals surface area contributed by atoms with Crippen molar-refractivity contribution in [3.05, 3.63) is 48.1 Å². The smallest absolute Gasteiger partial charge is 0.0261 e. The second kappa shape index (κ2) is 26.5. The van der Waals surface area contributed by atoms with E-state index in [-0.39, 0.29) is 0 Å². The van der Waals surface area contributed by atoms with E-state index in [9.17, 15) is 0 Å². The monoisotopic (exact) mass is 280 g/mol. The highest BCUT2D eigenvalue weighted by Gasteiger charge is 1.89. The maximum atomic E-state index is 3.91. The SMILES string of the molecule is C=C(C)C(/C=C\C=C\C(C)CC)=C\C.CC.CC.CC. The van der Waals surface area contributed by atoms with Gasteiger partial charge in [0.1, 0.15) is 0 Å². The van der Waals surface area contributed by atoms with Gasteiger partial charge in [-0.15, -0.1) is 0 Å². The molecule has 0 saturated carbocycles. The van der Waals surface area contributed by atoms with E-state index < -0.39 is 0 Å². The zero-order valence-electron chi connectivity index (χ0n) is 15.9. The Labute approximate surface area is 130 Å². The van der Waals surface area contributed by atoms with E-state index in [2.05, 4.69) is 50.8 Å². The molecule has 0 aromatic carbocycles. The topological polar surface area (TPSA) is 0 Å². The van der Waals surface area contributed by atoms with Crippen LogP contribution in [0.2, 0.25) is 0 Å². The highest BCUT2D eigenvalue weighted by Crippen LogP contribution is 2.08. The van der Waals surface area contributed by atoms with Gasteiger partial charge in [-0.1, -0.05) is 104 Å². The van der Waals surface area contributed by atoms with Crippen LogP contribution < -0.4 is 0 Å². The number of rotatable bonds is 5. The highest BCUT2D eigenvalue weighted by atomic mass is 14.0. The molecule has 0 heterocycles. The van der Waals surface area contributed by atoms with Crippen LogP contribution in [0.1, 0.15) is 75.7 Å². The molecule has 0 aliphatic rings. The maximum Gasteiger partial charge on any atom is -0.0261 e. The quantitative estimate of drug-likeness (QED) is 0.452. The molecule has 120 valence electrons. The minimum atomic E-state index is 0.665. The number of hydrogen-bond donors (Lipinski definition) is 0. The molecule has 0 radical (unpaired) electrons. The van der Waals surface area contributed by atoms with Crippen LogP contribution in [-0.2, 0) is 0 Å². The van der Waals surface area contributed by atoms with E-state index in [0.29, 0.717) is 5.92 Å². The second-order valence-electron chi connectivity index (χ2n) is 3.65. The zero-order chi connectivity index (χ0) is 17.0. The summed E-state index contributed by atoms with van der Waals surface area (Å²) in [6.45, 7) is 24.4. The van der Waals surface area contributed by atoms with Gasteiger partial charge >= 0.3 is 0 Å². The minimum Gasteiger partial charge on any atom is -0.0955 e. The first-order chi connectivity index (χ1) is 9.61. The first-order valence-electron chi connectivity index (χ1n) is 8.28. The van der Waals surface area contributed by atoms with Gasteiger partial charge in [-0.2, -0.15) is 0 Å². The van der Waals surface area contributed by atoms with Crippen LogP contribution in [0.4, 0.5) is 0 Å². The molecule has 0 amide bonds. The fraction of sp³-hybridized carbons (Fsp3) is 0.600. The summed E-state index contributed by atoms with van der Waals surface area (Å²) in [5, 5.41) is 0. The summed E-state index contributed by atoms with van der Waals surface area (Å²) in [5.41, 5.74) is 2.32. The van der Waals surface area contributed by atoms with Crippen molar-refractivity contribution in [2.75, 3.05) is 0 Å². The van der Waals surface area contributed by atoms with Crippen LogP contribution in [0.25, 0.3) is 0 Å². The predicted octanol–water partition coefficient (Wildman–Crippen LogP) is 7.75. The lowest BCUT2D eigenvalue weighted by molar-refractivity contribution is 0.698. The largest absolute Gasteiger partial charge is 0.0955 e. The van der Waals surface area contributed by atoms with Crippen LogP contribution >= 0.6 is 0 Å². The van der Waals surface area contributed by atoms with Crippen molar-refractivity contribution < 1.29 is 0 Å². The third-order valence-corrected chi connectivity index (χ3v) is 2.27. The molecule has 0 fully saturated rings. The number of allylic oxidation sites excluding steroid dienone is 7. The summed E-state index contributed by atoms with van der Waals surface area (Å²) in [6.07, 6.45) is 11.8. The van der Waals surface area contributed by atoms with Crippen molar-refractivity contribution in [1.29, 1.82) is 0 Å². The summed E-state index contributed by atoms with van der Waals surface area (Å²) in [4.78, 5) is 0. The van der Waals surface area contributed by atoms with Crippen LogP contribution in [0, 0.1) is 5.92 Å². The third kappa shape index (κ3) is 22.2. The van der Waals surface area contributed by atoms with Gasteiger partial charge in [-0.25, -0.2) is 0 Å². The van der Waals surface area contributed by atoms with Crippen LogP contribution in [0.5, 0.6) is 0 Å². The second-order valence-corrected chi connectivity index (χ2v) is 3.65. The van der Waals surface area contributed by atoms with Gasteiger partial charge in [-0.05, 0) is 25.3 Å². The molecule has 20 heavy (non-hydrogen) atoms.